The molecule has 0 saturated carbocycles. The Morgan fingerprint density at radius 1 is 1.35 bits per heavy atom. The average molecular weight is 258 g/mol. The second kappa shape index (κ2) is 4.35. The van der Waals surface area contributed by atoms with Gasteiger partial charge in [0, 0.05) is 12.5 Å². The predicted octanol–water partition coefficient (Wildman–Crippen LogP) is 2.33. The summed E-state index contributed by atoms with van der Waals surface area (Å²) in [5.41, 5.74) is 0.629. The molecule has 0 radical (unpaired) electrons. The van der Waals surface area contributed by atoms with Crippen molar-refractivity contribution in [2.45, 2.75) is 12.3 Å². The molecule has 0 aromatic heterocycles. The van der Waals surface area contributed by atoms with Gasteiger partial charge in [-0.2, -0.15) is 0 Å². The van der Waals surface area contributed by atoms with Crippen LogP contribution >= 0.6 is 11.6 Å². The zero-order valence-electron chi connectivity index (χ0n) is 9.26. The lowest BCUT2D eigenvalue weighted by atomic mass is 9.97. The van der Waals surface area contributed by atoms with E-state index in [4.69, 9.17) is 21.1 Å². The monoisotopic (exact) mass is 257 g/mol. The Hall–Kier alpha value is -1.00. The number of nitrogens with one attached hydrogen (secondary N) is 1. The Balaban J connectivity index is 2.06. The van der Waals surface area contributed by atoms with Crippen LogP contribution in [0, 0.1) is 5.82 Å². The molecule has 2 aliphatic rings. The van der Waals surface area contributed by atoms with Crippen LogP contribution in [0.25, 0.3) is 0 Å². The minimum Gasteiger partial charge on any atom is -0.486 e. The number of ether oxygens (including phenoxy) is 2. The molecule has 17 heavy (non-hydrogen) atoms. The predicted molar refractivity (Wildman–Crippen MR) is 62.6 cm³/mol. The average Bonchev–Trinajstić information content (AvgIpc) is 2.87. The second-order valence-corrected chi connectivity index (χ2v) is 4.69. The Labute approximate surface area is 104 Å². The molecule has 3 nitrogen and oxygen atoms in total. The van der Waals surface area contributed by atoms with Gasteiger partial charge in [0.2, 0.25) is 0 Å². The van der Waals surface area contributed by atoms with Crippen LogP contribution in [0.5, 0.6) is 11.5 Å². The van der Waals surface area contributed by atoms with Gasteiger partial charge in [-0.15, -0.1) is 0 Å². The van der Waals surface area contributed by atoms with Crippen LogP contribution in [0.1, 0.15) is 17.9 Å². The smallest absolute Gasteiger partial charge is 0.182 e. The largest absolute Gasteiger partial charge is 0.486 e. The van der Waals surface area contributed by atoms with Gasteiger partial charge in [0.05, 0.1) is 0 Å². The van der Waals surface area contributed by atoms with Crippen molar-refractivity contribution in [2.24, 2.45) is 0 Å². The highest BCUT2D eigenvalue weighted by Crippen LogP contribution is 2.43. The van der Waals surface area contributed by atoms with Gasteiger partial charge in [-0.25, -0.2) is 4.39 Å². The SMILES string of the molecule is Fc1c(C2CCNC2)cc2c(c1Cl)OCCO2. The Morgan fingerprint density at radius 2 is 2.18 bits per heavy atom. The number of hydrogen-bond donors (Lipinski definition) is 1. The third-order valence-electron chi connectivity index (χ3n) is 3.24. The first-order valence-electron chi connectivity index (χ1n) is 5.75. The zero-order chi connectivity index (χ0) is 11.8. The van der Waals surface area contributed by atoms with Gasteiger partial charge in [0.25, 0.3) is 0 Å². The lowest BCUT2D eigenvalue weighted by Gasteiger charge is -2.22. The Bertz CT molecular complexity index is 447. The molecule has 3 rings (SSSR count). The maximum Gasteiger partial charge on any atom is 0.182 e. The molecular weight excluding hydrogens is 245 g/mol. The van der Waals surface area contributed by atoms with E-state index < -0.39 is 0 Å². The van der Waals surface area contributed by atoms with Crippen molar-refractivity contribution >= 4 is 11.6 Å². The Kier molecular flexibility index (Phi) is 2.84. The van der Waals surface area contributed by atoms with Crippen LogP contribution in [0.4, 0.5) is 4.39 Å². The van der Waals surface area contributed by atoms with E-state index in [0.29, 0.717) is 30.3 Å². The molecule has 1 aromatic carbocycles. The second-order valence-electron chi connectivity index (χ2n) is 4.31. The number of fused-ring (bicyclic) bond motifs is 1. The maximum absolute atomic E-state index is 14.1. The third kappa shape index (κ3) is 1.85. The molecular formula is C12H13ClFNO2. The van der Waals surface area contributed by atoms with Crippen molar-refractivity contribution in [3.05, 3.63) is 22.5 Å². The highest BCUT2D eigenvalue weighted by molar-refractivity contribution is 6.32. The van der Waals surface area contributed by atoms with Crippen LogP contribution in [-0.4, -0.2) is 26.3 Å². The van der Waals surface area contributed by atoms with Crippen LogP contribution in [-0.2, 0) is 0 Å². The first kappa shape index (κ1) is 11.1. The summed E-state index contributed by atoms with van der Waals surface area (Å²) in [6, 6.07) is 1.73. The fourth-order valence-electron chi connectivity index (χ4n) is 2.36. The van der Waals surface area contributed by atoms with Gasteiger partial charge in [-0.05, 0) is 24.6 Å². The fraction of sp³-hybridized carbons (Fsp3) is 0.500. The number of halogens is 2. The Morgan fingerprint density at radius 3 is 2.94 bits per heavy atom. The van der Waals surface area contributed by atoms with Crippen molar-refractivity contribution in [1.82, 2.24) is 5.32 Å². The van der Waals surface area contributed by atoms with E-state index in [1.807, 2.05) is 0 Å². The quantitative estimate of drug-likeness (QED) is 0.838. The molecule has 0 amide bonds. The van der Waals surface area contributed by atoms with Crippen LogP contribution < -0.4 is 14.8 Å². The summed E-state index contributed by atoms with van der Waals surface area (Å²) in [5, 5.41) is 3.26. The van der Waals surface area contributed by atoms with Gasteiger partial charge in [-0.1, -0.05) is 11.6 Å². The summed E-state index contributed by atoms with van der Waals surface area (Å²) in [7, 11) is 0. The van der Waals surface area contributed by atoms with Crippen LogP contribution in [0.2, 0.25) is 5.02 Å². The molecule has 5 heteroatoms. The molecule has 0 bridgehead atoms. The van der Waals surface area contributed by atoms with E-state index in [-0.39, 0.29) is 16.8 Å². The van der Waals surface area contributed by atoms with Gasteiger partial charge < -0.3 is 14.8 Å². The normalized spacial score (nSPS) is 22.8. The summed E-state index contributed by atoms with van der Waals surface area (Å²) in [6.07, 6.45) is 0.924. The molecule has 1 aromatic rings. The van der Waals surface area contributed by atoms with Gasteiger partial charge >= 0.3 is 0 Å². The van der Waals surface area contributed by atoms with E-state index >= 15 is 0 Å². The number of hydrogen-bond acceptors (Lipinski definition) is 3. The van der Waals surface area contributed by atoms with E-state index in [1.54, 1.807) is 6.07 Å². The summed E-state index contributed by atoms with van der Waals surface area (Å²) in [5.74, 6) is 0.697. The zero-order valence-corrected chi connectivity index (χ0v) is 10.0. The number of rotatable bonds is 1. The molecule has 1 fully saturated rings. The topological polar surface area (TPSA) is 30.5 Å². The van der Waals surface area contributed by atoms with Gasteiger partial charge in [0.1, 0.15) is 24.1 Å². The van der Waals surface area contributed by atoms with E-state index in [0.717, 1.165) is 19.5 Å². The van der Waals surface area contributed by atoms with Crippen molar-refractivity contribution in [1.29, 1.82) is 0 Å². The molecule has 0 spiro atoms. The van der Waals surface area contributed by atoms with Gasteiger partial charge in [0.15, 0.2) is 11.5 Å². The molecule has 0 aliphatic carbocycles. The standard InChI is InChI=1S/C12H13ClFNO2/c13-10-11(14)8(7-1-2-15-6-7)5-9-12(10)17-4-3-16-9/h5,7,15H,1-4,6H2. The van der Waals surface area contributed by atoms with Gasteiger partial charge in [-0.3, -0.25) is 0 Å². The lowest BCUT2D eigenvalue weighted by Crippen LogP contribution is -2.17. The molecule has 1 unspecified atom stereocenters. The van der Waals surface area contributed by atoms with Crippen molar-refractivity contribution in [3.8, 4) is 11.5 Å². The minimum absolute atomic E-state index is 0.0455. The number of benzene rings is 1. The molecule has 92 valence electrons. The van der Waals surface area contributed by atoms with Crippen molar-refractivity contribution in [2.75, 3.05) is 26.3 Å². The highest BCUT2D eigenvalue weighted by Gasteiger charge is 2.27. The summed E-state index contributed by atoms with van der Waals surface area (Å²) < 4.78 is 24.9. The first-order valence-corrected chi connectivity index (χ1v) is 6.13. The summed E-state index contributed by atoms with van der Waals surface area (Å²) in [4.78, 5) is 0. The summed E-state index contributed by atoms with van der Waals surface area (Å²) in [6.45, 7) is 2.59. The first-order chi connectivity index (χ1) is 8.27. The van der Waals surface area contributed by atoms with Crippen molar-refractivity contribution < 1.29 is 13.9 Å². The molecule has 1 N–H and O–H groups in total. The fourth-order valence-corrected chi connectivity index (χ4v) is 2.62. The highest BCUT2D eigenvalue weighted by atomic mass is 35.5. The lowest BCUT2D eigenvalue weighted by molar-refractivity contribution is 0.170. The van der Waals surface area contributed by atoms with E-state index in [2.05, 4.69) is 5.32 Å². The van der Waals surface area contributed by atoms with Crippen LogP contribution in [0.15, 0.2) is 6.07 Å². The molecule has 1 saturated heterocycles. The summed E-state index contributed by atoms with van der Waals surface area (Å²) >= 11 is 5.99. The third-order valence-corrected chi connectivity index (χ3v) is 3.58. The van der Waals surface area contributed by atoms with E-state index in [1.165, 1.54) is 0 Å². The molecule has 2 aliphatic heterocycles. The molecule has 2 heterocycles. The van der Waals surface area contributed by atoms with Crippen LogP contribution in [0.3, 0.4) is 0 Å². The molecule has 1 atom stereocenters. The van der Waals surface area contributed by atoms with Crippen molar-refractivity contribution in [3.63, 3.8) is 0 Å². The van der Waals surface area contributed by atoms with E-state index in [9.17, 15) is 4.39 Å². The maximum atomic E-state index is 14.1. The minimum atomic E-state index is -0.371.